The standard InChI is InChI=1S/C20H37N3O5/c1-7-18(26)15(9-8-12(2)3)22-20(28)17(11-24)23-19(27)16(10-13(4)5)21-14(6)25/h12-13,15-17,24H,7-11H2,1-6H3,(H,21,25)(H,22,28)(H,23,27). The SMILES string of the molecule is CCC(=O)C(CCC(C)C)NC(=O)C(CO)NC(=O)C(CC(C)C)NC(C)=O. The van der Waals surface area contributed by atoms with Gasteiger partial charge in [-0.3, -0.25) is 19.2 Å². The Hall–Kier alpha value is -1.96. The minimum absolute atomic E-state index is 0.0899. The van der Waals surface area contributed by atoms with Crippen LogP contribution in [0.4, 0.5) is 0 Å². The van der Waals surface area contributed by atoms with E-state index in [1.54, 1.807) is 6.92 Å². The molecule has 0 aliphatic rings. The van der Waals surface area contributed by atoms with Gasteiger partial charge in [0.1, 0.15) is 12.1 Å². The van der Waals surface area contributed by atoms with Gasteiger partial charge >= 0.3 is 0 Å². The third-order valence-corrected chi connectivity index (χ3v) is 4.30. The van der Waals surface area contributed by atoms with Gasteiger partial charge in [0.2, 0.25) is 17.7 Å². The van der Waals surface area contributed by atoms with Crippen LogP contribution in [0.1, 0.15) is 67.2 Å². The Kier molecular flexibility index (Phi) is 12.3. The maximum absolute atomic E-state index is 12.5. The Morgan fingerprint density at radius 2 is 1.32 bits per heavy atom. The molecule has 0 spiro atoms. The molecule has 0 fully saturated rings. The quantitative estimate of drug-likeness (QED) is 0.366. The van der Waals surface area contributed by atoms with Crippen LogP contribution in [0.2, 0.25) is 0 Å². The lowest BCUT2D eigenvalue weighted by Gasteiger charge is -2.25. The second-order valence-electron chi connectivity index (χ2n) is 7.98. The number of aliphatic hydroxyl groups is 1. The summed E-state index contributed by atoms with van der Waals surface area (Å²) in [6, 6.07) is -2.64. The number of ketones is 1. The van der Waals surface area contributed by atoms with E-state index < -0.39 is 36.5 Å². The van der Waals surface area contributed by atoms with Crippen LogP contribution >= 0.6 is 0 Å². The van der Waals surface area contributed by atoms with Crippen LogP contribution in [0, 0.1) is 11.8 Å². The second-order valence-corrected chi connectivity index (χ2v) is 7.98. The van der Waals surface area contributed by atoms with Gasteiger partial charge in [-0.25, -0.2) is 0 Å². The summed E-state index contributed by atoms with van der Waals surface area (Å²) in [7, 11) is 0. The summed E-state index contributed by atoms with van der Waals surface area (Å²) in [5, 5.41) is 17.3. The van der Waals surface area contributed by atoms with Crippen LogP contribution in [-0.2, 0) is 19.2 Å². The molecule has 8 heteroatoms. The summed E-state index contributed by atoms with van der Waals surface area (Å²) in [5.41, 5.74) is 0. The zero-order chi connectivity index (χ0) is 21.9. The lowest BCUT2D eigenvalue weighted by Crippen LogP contribution is -2.57. The van der Waals surface area contributed by atoms with Crippen LogP contribution in [-0.4, -0.2) is 53.3 Å². The third-order valence-electron chi connectivity index (χ3n) is 4.30. The number of Topliss-reactive ketones (excluding diaryl/α,β-unsaturated/α-hetero) is 1. The van der Waals surface area contributed by atoms with Crippen LogP contribution in [0.5, 0.6) is 0 Å². The molecular weight excluding hydrogens is 362 g/mol. The predicted octanol–water partition coefficient (Wildman–Crippen LogP) is 0.914. The van der Waals surface area contributed by atoms with Gasteiger partial charge in [0.25, 0.3) is 0 Å². The molecule has 0 aromatic rings. The fourth-order valence-corrected chi connectivity index (χ4v) is 2.75. The lowest BCUT2D eigenvalue weighted by atomic mass is 9.99. The third kappa shape index (κ3) is 10.4. The molecule has 0 heterocycles. The van der Waals surface area contributed by atoms with E-state index in [2.05, 4.69) is 16.0 Å². The molecule has 0 bridgehead atoms. The van der Waals surface area contributed by atoms with Crippen molar-refractivity contribution in [3.05, 3.63) is 0 Å². The number of hydrogen-bond acceptors (Lipinski definition) is 5. The van der Waals surface area contributed by atoms with Gasteiger partial charge in [-0.1, -0.05) is 34.6 Å². The van der Waals surface area contributed by atoms with Crippen molar-refractivity contribution >= 4 is 23.5 Å². The number of amides is 3. The summed E-state index contributed by atoms with van der Waals surface area (Å²) in [6.07, 6.45) is 1.96. The van der Waals surface area contributed by atoms with Crippen LogP contribution in [0.25, 0.3) is 0 Å². The average molecular weight is 400 g/mol. The molecule has 0 aromatic carbocycles. The maximum atomic E-state index is 12.5. The van der Waals surface area contributed by atoms with Gasteiger partial charge in [0.15, 0.2) is 5.78 Å². The van der Waals surface area contributed by atoms with Crippen molar-refractivity contribution in [3.63, 3.8) is 0 Å². The van der Waals surface area contributed by atoms with Crippen LogP contribution < -0.4 is 16.0 Å². The fourth-order valence-electron chi connectivity index (χ4n) is 2.75. The molecule has 0 aliphatic heterocycles. The topological polar surface area (TPSA) is 125 Å². The molecule has 4 N–H and O–H groups in total. The van der Waals surface area contributed by atoms with Gasteiger partial charge in [0.05, 0.1) is 12.6 Å². The Balaban J connectivity index is 5.08. The average Bonchev–Trinajstić information content (AvgIpc) is 2.60. The monoisotopic (exact) mass is 399 g/mol. The van der Waals surface area contributed by atoms with Gasteiger partial charge in [-0.2, -0.15) is 0 Å². The highest BCUT2D eigenvalue weighted by Crippen LogP contribution is 2.10. The molecule has 3 amide bonds. The minimum atomic E-state index is -1.19. The molecule has 28 heavy (non-hydrogen) atoms. The van der Waals surface area contributed by atoms with Gasteiger partial charge in [0, 0.05) is 13.3 Å². The molecule has 3 unspecified atom stereocenters. The van der Waals surface area contributed by atoms with Crippen LogP contribution in [0.3, 0.4) is 0 Å². The van der Waals surface area contributed by atoms with E-state index >= 15 is 0 Å². The highest BCUT2D eigenvalue weighted by molar-refractivity contribution is 5.94. The van der Waals surface area contributed by atoms with E-state index in [1.807, 2.05) is 27.7 Å². The number of carbonyl (C=O) groups excluding carboxylic acids is 4. The Morgan fingerprint density at radius 1 is 0.786 bits per heavy atom. The number of rotatable bonds is 13. The van der Waals surface area contributed by atoms with Crippen molar-refractivity contribution in [3.8, 4) is 0 Å². The Bertz CT molecular complexity index is 534. The fraction of sp³-hybridized carbons (Fsp3) is 0.800. The number of carbonyl (C=O) groups is 4. The molecular formula is C20H37N3O5. The van der Waals surface area contributed by atoms with Crippen molar-refractivity contribution in [1.82, 2.24) is 16.0 Å². The van der Waals surface area contributed by atoms with E-state index in [0.29, 0.717) is 18.8 Å². The van der Waals surface area contributed by atoms with Crippen molar-refractivity contribution in [2.24, 2.45) is 11.8 Å². The van der Waals surface area contributed by atoms with E-state index in [4.69, 9.17) is 0 Å². The van der Waals surface area contributed by atoms with Gasteiger partial charge in [-0.05, 0) is 31.1 Å². The number of aliphatic hydroxyl groups excluding tert-OH is 1. The molecule has 3 atom stereocenters. The highest BCUT2D eigenvalue weighted by atomic mass is 16.3. The zero-order valence-electron chi connectivity index (χ0n) is 18.0. The number of nitrogens with one attached hydrogen (secondary N) is 3. The minimum Gasteiger partial charge on any atom is -0.394 e. The normalized spacial score (nSPS) is 14.3. The summed E-state index contributed by atoms with van der Waals surface area (Å²) in [6.45, 7) is 10.3. The molecule has 0 aliphatic carbocycles. The summed E-state index contributed by atoms with van der Waals surface area (Å²) < 4.78 is 0. The molecule has 8 nitrogen and oxygen atoms in total. The summed E-state index contributed by atoms with van der Waals surface area (Å²) >= 11 is 0. The van der Waals surface area contributed by atoms with Gasteiger partial charge < -0.3 is 21.1 Å². The Morgan fingerprint density at radius 3 is 1.75 bits per heavy atom. The lowest BCUT2D eigenvalue weighted by molar-refractivity contribution is -0.134. The van der Waals surface area contributed by atoms with E-state index in [1.165, 1.54) is 6.92 Å². The van der Waals surface area contributed by atoms with Crippen molar-refractivity contribution in [2.75, 3.05) is 6.61 Å². The second kappa shape index (κ2) is 13.3. The van der Waals surface area contributed by atoms with Crippen molar-refractivity contribution < 1.29 is 24.3 Å². The molecule has 162 valence electrons. The first-order chi connectivity index (χ1) is 13.0. The molecule has 0 aromatic heterocycles. The first-order valence-electron chi connectivity index (χ1n) is 10.0. The van der Waals surface area contributed by atoms with Crippen LogP contribution in [0.15, 0.2) is 0 Å². The van der Waals surface area contributed by atoms with Crippen molar-refractivity contribution in [1.29, 1.82) is 0 Å². The molecule has 0 radical (unpaired) electrons. The Labute approximate surface area is 168 Å². The first-order valence-corrected chi connectivity index (χ1v) is 10.0. The zero-order valence-corrected chi connectivity index (χ0v) is 18.0. The van der Waals surface area contributed by atoms with Gasteiger partial charge in [-0.15, -0.1) is 0 Å². The molecule has 0 saturated carbocycles. The highest BCUT2D eigenvalue weighted by Gasteiger charge is 2.28. The first kappa shape index (κ1) is 26.0. The van der Waals surface area contributed by atoms with E-state index in [9.17, 15) is 24.3 Å². The maximum Gasteiger partial charge on any atom is 0.245 e. The van der Waals surface area contributed by atoms with E-state index in [0.717, 1.165) is 6.42 Å². The largest absolute Gasteiger partial charge is 0.394 e. The molecule has 0 saturated heterocycles. The summed E-state index contributed by atoms with van der Waals surface area (Å²) in [4.78, 5) is 48.5. The summed E-state index contributed by atoms with van der Waals surface area (Å²) in [5.74, 6) is -1.07. The smallest absolute Gasteiger partial charge is 0.245 e. The van der Waals surface area contributed by atoms with E-state index in [-0.39, 0.29) is 24.0 Å². The number of hydrogen-bond donors (Lipinski definition) is 4. The van der Waals surface area contributed by atoms with Crippen molar-refractivity contribution in [2.45, 2.75) is 85.4 Å². The molecule has 0 rings (SSSR count). The predicted molar refractivity (Wildman–Crippen MR) is 107 cm³/mol.